The van der Waals surface area contributed by atoms with Gasteiger partial charge in [0.1, 0.15) is 6.10 Å². The molecule has 0 aromatic carbocycles. The Balaban J connectivity index is 2.70. The lowest BCUT2D eigenvalue weighted by Gasteiger charge is -2.35. The summed E-state index contributed by atoms with van der Waals surface area (Å²) in [4.78, 5) is 12.7. The van der Waals surface area contributed by atoms with Crippen molar-refractivity contribution >= 4 is 5.78 Å². The minimum absolute atomic E-state index is 0.0665. The molecule has 0 aromatic heterocycles. The summed E-state index contributed by atoms with van der Waals surface area (Å²) < 4.78 is 5.17. The molecular weight excluding hydrogens is 362 g/mol. The summed E-state index contributed by atoms with van der Waals surface area (Å²) in [6, 6.07) is 0. The van der Waals surface area contributed by atoms with Gasteiger partial charge in [-0.15, -0.1) is 0 Å². The van der Waals surface area contributed by atoms with Crippen LogP contribution in [0.3, 0.4) is 0 Å². The average Bonchev–Trinajstić information content (AvgIpc) is 2.66. The summed E-state index contributed by atoms with van der Waals surface area (Å²) in [7, 11) is 1.44. The molecule has 0 spiro atoms. The fraction of sp³-hybridized carbons (Fsp3) is 0.640. The summed E-state index contributed by atoms with van der Waals surface area (Å²) in [6.45, 7) is 10.6. The molecule has 0 amide bonds. The Kier molecular flexibility index (Phi) is 11.0. The minimum atomic E-state index is -0.833. The molecule has 3 atom stereocenters. The Morgan fingerprint density at radius 1 is 1.07 bits per heavy atom. The van der Waals surface area contributed by atoms with Crippen LogP contribution in [0.25, 0.3) is 0 Å². The molecule has 1 rings (SSSR count). The van der Waals surface area contributed by atoms with E-state index in [1.165, 1.54) is 23.8 Å². The number of hydrogen-bond donors (Lipinski definition) is 2. The molecule has 0 saturated heterocycles. The van der Waals surface area contributed by atoms with Gasteiger partial charge in [-0.25, -0.2) is 0 Å². The average molecular weight is 404 g/mol. The van der Waals surface area contributed by atoms with Crippen LogP contribution in [0.2, 0.25) is 0 Å². The first-order valence-corrected chi connectivity index (χ1v) is 10.9. The number of nitrogens with two attached hydrogens (primary N) is 1. The van der Waals surface area contributed by atoms with E-state index in [1.54, 1.807) is 0 Å². The molecule has 0 bridgehead atoms. The van der Waals surface area contributed by atoms with E-state index >= 15 is 0 Å². The van der Waals surface area contributed by atoms with Crippen molar-refractivity contribution in [1.82, 2.24) is 0 Å². The van der Waals surface area contributed by atoms with Crippen molar-refractivity contribution in [2.45, 2.75) is 85.7 Å². The summed E-state index contributed by atoms with van der Waals surface area (Å²) in [6.07, 6.45) is 12.4. The summed E-state index contributed by atoms with van der Waals surface area (Å²) >= 11 is 0. The fourth-order valence-electron chi connectivity index (χ4n) is 3.93. The molecule has 1 aliphatic rings. The van der Waals surface area contributed by atoms with Crippen molar-refractivity contribution in [3.05, 3.63) is 46.4 Å². The number of carbonyl (C=O) groups excluding carboxylic acids is 1. The number of carbonyl (C=O) groups is 1. The summed E-state index contributed by atoms with van der Waals surface area (Å²) in [5.41, 5.74) is 10.3. The van der Waals surface area contributed by atoms with Crippen LogP contribution in [0.1, 0.15) is 79.6 Å². The molecule has 0 aliphatic heterocycles. The second kappa shape index (κ2) is 12.7. The van der Waals surface area contributed by atoms with Crippen molar-refractivity contribution < 1.29 is 14.6 Å². The first-order valence-electron chi connectivity index (χ1n) is 10.9. The third-order valence-electron chi connectivity index (χ3n) is 5.73. The predicted molar refractivity (Wildman–Crippen MR) is 121 cm³/mol. The number of methoxy groups -OCH3 is 1. The van der Waals surface area contributed by atoms with E-state index < -0.39 is 6.10 Å². The van der Waals surface area contributed by atoms with Gasteiger partial charge < -0.3 is 15.6 Å². The maximum absolute atomic E-state index is 12.7. The Labute approximate surface area is 177 Å². The van der Waals surface area contributed by atoms with E-state index in [-0.39, 0.29) is 29.1 Å². The molecule has 1 aliphatic carbocycles. The Morgan fingerprint density at radius 2 is 1.66 bits per heavy atom. The third kappa shape index (κ3) is 7.85. The smallest absolute Gasteiger partial charge is 0.202 e. The zero-order valence-corrected chi connectivity index (χ0v) is 19.3. The number of ether oxygens (including phenoxy) is 1. The number of rotatable bonds is 11. The van der Waals surface area contributed by atoms with E-state index in [2.05, 4.69) is 52.8 Å². The standard InChI is InChI=1S/C25H41NO3/c1-7-10-20-21(23(27)22(26)25(29-6)24(20)28)16-15-19(5)14-9-13-18(4)12-8-11-17(2)3/h11,13,15,20-21,23,27H,7-10,12,14,16,26H2,1-6H3/b18-13+,19-15+/t20-,21-,23-/m0/s1. The lowest BCUT2D eigenvalue weighted by Crippen LogP contribution is -2.43. The molecule has 29 heavy (non-hydrogen) atoms. The highest BCUT2D eigenvalue weighted by Gasteiger charge is 2.42. The van der Waals surface area contributed by atoms with Crippen LogP contribution < -0.4 is 5.73 Å². The molecule has 0 saturated carbocycles. The van der Waals surface area contributed by atoms with E-state index in [9.17, 15) is 9.90 Å². The molecule has 0 aromatic rings. The van der Waals surface area contributed by atoms with Gasteiger partial charge in [-0.05, 0) is 66.2 Å². The molecule has 4 nitrogen and oxygen atoms in total. The highest BCUT2D eigenvalue weighted by molar-refractivity contribution is 5.97. The van der Waals surface area contributed by atoms with Crippen molar-refractivity contribution in [2.75, 3.05) is 7.11 Å². The second-order valence-corrected chi connectivity index (χ2v) is 8.55. The van der Waals surface area contributed by atoms with Gasteiger partial charge in [0.15, 0.2) is 5.76 Å². The molecule has 0 heterocycles. The largest absolute Gasteiger partial charge is 0.491 e. The zero-order chi connectivity index (χ0) is 22.0. The van der Waals surface area contributed by atoms with Crippen molar-refractivity contribution in [3.63, 3.8) is 0 Å². The van der Waals surface area contributed by atoms with Gasteiger partial charge in [0.25, 0.3) is 0 Å². The molecule has 164 valence electrons. The van der Waals surface area contributed by atoms with Gasteiger partial charge in [-0.1, -0.05) is 48.3 Å². The van der Waals surface area contributed by atoms with Crippen molar-refractivity contribution in [3.8, 4) is 0 Å². The van der Waals surface area contributed by atoms with Crippen LogP contribution >= 0.6 is 0 Å². The van der Waals surface area contributed by atoms with Crippen LogP contribution in [0.15, 0.2) is 46.4 Å². The first-order chi connectivity index (χ1) is 13.7. The molecule has 0 fully saturated rings. The van der Waals surface area contributed by atoms with Crippen LogP contribution in [0.5, 0.6) is 0 Å². The lowest BCUT2D eigenvalue weighted by atomic mass is 9.74. The van der Waals surface area contributed by atoms with E-state index in [0.29, 0.717) is 6.42 Å². The Hall–Kier alpha value is -1.81. The number of ketones is 1. The number of Topliss-reactive ketones (excluding diaryl/α,β-unsaturated/α-hetero) is 1. The minimum Gasteiger partial charge on any atom is -0.491 e. The van der Waals surface area contributed by atoms with Crippen LogP contribution in [-0.2, 0) is 9.53 Å². The predicted octanol–water partition coefficient (Wildman–Crippen LogP) is 5.59. The topological polar surface area (TPSA) is 72.5 Å². The van der Waals surface area contributed by atoms with Crippen molar-refractivity contribution in [2.24, 2.45) is 17.6 Å². The summed E-state index contributed by atoms with van der Waals surface area (Å²) in [5.74, 6) is -0.346. The van der Waals surface area contributed by atoms with Gasteiger partial charge in [-0.3, -0.25) is 4.79 Å². The molecule has 0 unspecified atom stereocenters. The fourth-order valence-corrected chi connectivity index (χ4v) is 3.93. The van der Waals surface area contributed by atoms with E-state index in [4.69, 9.17) is 10.5 Å². The normalized spacial score (nSPS) is 23.4. The molecule has 0 radical (unpaired) electrons. The monoisotopic (exact) mass is 403 g/mol. The van der Waals surface area contributed by atoms with Crippen molar-refractivity contribution in [1.29, 1.82) is 0 Å². The zero-order valence-electron chi connectivity index (χ0n) is 19.3. The SMILES string of the molecule is CCC[C@@H]1C(=O)C(OC)=C(N)[C@@H](O)[C@H]1C/C=C(\C)CC/C=C(\C)CCC=C(C)C. The third-order valence-corrected chi connectivity index (χ3v) is 5.73. The van der Waals surface area contributed by atoms with Crippen LogP contribution in [-0.4, -0.2) is 24.1 Å². The summed E-state index contributed by atoms with van der Waals surface area (Å²) in [5, 5.41) is 10.7. The number of aliphatic hydroxyl groups is 1. The maximum atomic E-state index is 12.7. The first kappa shape index (κ1) is 25.2. The highest BCUT2D eigenvalue weighted by Crippen LogP contribution is 2.36. The molecular formula is C25H41NO3. The van der Waals surface area contributed by atoms with Gasteiger partial charge in [0.05, 0.1) is 12.8 Å². The van der Waals surface area contributed by atoms with E-state index in [1.807, 2.05) is 0 Å². The van der Waals surface area contributed by atoms with Crippen LogP contribution in [0.4, 0.5) is 0 Å². The van der Waals surface area contributed by atoms with Gasteiger partial charge in [0.2, 0.25) is 5.78 Å². The van der Waals surface area contributed by atoms with Gasteiger partial charge in [-0.2, -0.15) is 0 Å². The van der Waals surface area contributed by atoms with Gasteiger partial charge >= 0.3 is 0 Å². The van der Waals surface area contributed by atoms with Gasteiger partial charge in [0, 0.05) is 11.8 Å². The lowest BCUT2D eigenvalue weighted by molar-refractivity contribution is -0.127. The van der Waals surface area contributed by atoms with E-state index in [0.717, 1.165) is 38.5 Å². The molecule has 3 N–H and O–H groups in total. The number of hydrogen-bond acceptors (Lipinski definition) is 4. The number of aliphatic hydroxyl groups excluding tert-OH is 1. The quantitative estimate of drug-likeness (QED) is 0.441. The Morgan fingerprint density at radius 3 is 2.21 bits per heavy atom. The van der Waals surface area contributed by atoms with Crippen LogP contribution in [0, 0.1) is 11.8 Å². The maximum Gasteiger partial charge on any atom is 0.202 e. The second-order valence-electron chi connectivity index (χ2n) is 8.55. The Bertz CT molecular complexity index is 666. The highest BCUT2D eigenvalue weighted by atomic mass is 16.5. The molecule has 4 heteroatoms. The number of allylic oxidation sites excluding steroid dienone is 7.